The maximum Gasteiger partial charge on any atom is 0.253 e. The van der Waals surface area contributed by atoms with Gasteiger partial charge in [-0.05, 0) is 29.7 Å². The number of pyridine rings is 1. The molecule has 0 aliphatic carbocycles. The van der Waals surface area contributed by atoms with Gasteiger partial charge in [-0.25, -0.2) is 4.98 Å². The first-order chi connectivity index (χ1) is 13.2. The lowest BCUT2D eigenvalue weighted by molar-refractivity contribution is 0.0958. The second-order valence-corrected chi connectivity index (χ2v) is 6.61. The van der Waals surface area contributed by atoms with E-state index in [0.29, 0.717) is 24.5 Å². The fraction of sp³-hybridized carbons (Fsp3) is 0.333. The number of carbonyl (C=O) groups excluding carboxylic acids is 1. The lowest BCUT2D eigenvalue weighted by Crippen LogP contribution is -2.39. The third-order valence-corrected chi connectivity index (χ3v) is 4.57. The Labute approximate surface area is 159 Å². The highest BCUT2D eigenvalue weighted by atomic mass is 16.3. The highest BCUT2D eigenvalue weighted by Gasteiger charge is 2.18. The second-order valence-electron chi connectivity index (χ2n) is 6.61. The van der Waals surface area contributed by atoms with Crippen molar-refractivity contribution in [3.63, 3.8) is 0 Å². The van der Waals surface area contributed by atoms with Crippen LogP contribution in [0.2, 0.25) is 0 Å². The van der Waals surface area contributed by atoms with Gasteiger partial charge in [-0.1, -0.05) is 30.2 Å². The molecule has 0 radical (unpaired) electrons. The largest absolute Gasteiger partial charge is 0.390 e. The van der Waals surface area contributed by atoms with Crippen LogP contribution in [-0.4, -0.2) is 53.2 Å². The Kier molecular flexibility index (Phi) is 6.42. The predicted molar refractivity (Wildman–Crippen MR) is 105 cm³/mol. The molecule has 6 heteroatoms. The molecule has 6 nitrogen and oxygen atoms in total. The van der Waals surface area contributed by atoms with Crippen LogP contribution in [0.15, 0.2) is 42.6 Å². The van der Waals surface area contributed by atoms with Crippen LogP contribution in [0.3, 0.4) is 0 Å². The van der Waals surface area contributed by atoms with E-state index in [-0.39, 0.29) is 12.5 Å². The molecule has 0 spiro atoms. The van der Waals surface area contributed by atoms with E-state index in [9.17, 15) is 9.90 Å². The zero-order chi connectivity index (χ0) is 19.1. The molecule has 1 aromatic heterocycles. The molecule has 0 saturated heterocycles. The number of rotatable bonds is 7. The Balaban J connectivity index is 1.45. The number of fused-ring (bicyclic) bond motifs is 1. The smallest absolute Gasteiger partial charge is 0.253 e. The first-order valence-corrected chi connectivity index (χ1v) is 9.04. The summed E-state index contributed by atoms with van der Waals surface area (Å²) in [5, 5.41) is 16.0. The van der Waals surface area contributed by atoms with Crippen molar-refractivity contribution in [2.24, 2.45) is 0 Å². The van der Waals surface area contributed by atoms with Crippen LogP contribution in [0.4, 0.5) is 5.82 Å². The van der Waals surface area contributed by atoms with Gasteiger partial charge >= 0.3 is 0 Å². The number of hydrogen-bond acceptors (Lipinski definition) is 5. The number of aliphatic hydroxyl groups is 1. The number of aliphatic hydroxyl groups excluding tert-OH is 1. The number of amides is 1. The number of benzene rings is 1. The van der Waals surface area contributed by atoms with Crippen molar-refractivity contribution in [1.29, 1.82) is 0 Å². The molecular formula is C21H24N4O2. The van der Waals surface area contributed by atoms with Gasteiger partial charge in [-0.2, -0.15) is 0 Å². The van der Waals surface area contributed by atoms with E-state index in [1.165, 1.54) is 17.3 Å². The van der Waals surface area contributed by atoms with Gasteiger partial charge in [0, 0.05) is 32.4 Å². The van der Waals surface area contributed by atoms with Crippen LogP contribution < -0.4 is 10.6 Å². The number of aromatic nitrogens is 1. The Morgan fingerprint density at radius 1 is 1.30 bits per heavy atom. The molecule has 0 bridgehead atoms. The van der Waals surface area contributed by atoms with E-state index < -0.39 is 6.10 Å². The Morgan fingerprint density at radius 3 is 2.85 bits per heavy atom. The number of nitrogens with one attached hydrogen (secondary N) is 2. The van der Waals surface area contributed by atoms with Crippen LogP contribution in [0.5, 0.6) is 0 Å². The first-order valence-electron chi connectivity index (χ1n) is 9.04. The third-order valence-electron chi connectivity index (χ3n) is 4.57. The standard InChI is InChI=1S/C21H24N4O2/c1-2-10-22-21(27)17-7-8-20(23-12-17)24-13-19(26)15-25-11-9-16-5-3-4-6-18(16)14-25/h1,3-8,12,19,26H,9-11,13-15H2,(H,22,27)(H,23,24). The van der Waals surface area contributed by atoms with Crippen molar-refractivity contribution in [2.45, 2.75) is 19.1 Å². The first kappa shape index (κ1) is 18.9. The van der Waals surface area contributed by atoms with Gasteiger partial charge in [0.15, 0.2) is 0 Å². The van der Waals surface area contributed by atoms with Crippen LogP contribution in [0.25, 0.3) is 0 Å². The quantitative estimate of drug-likeness (QED) is 0.645. The SMILES string of the molecule is C#CCNC(=O)c1ccc(NCC(O)CN2CCc3ccccc3C2)nc1. The number of carbonyl (C=O) groups is 1. The summed E-state index contributed by atoms with van der Waals surface area (Å²) in [6.07, 6.45) is 7.12. The Morgan fingerprint density at radius 2 is 2.11 bits per heavy atom. The summed E-state index contributed by atoms with van der Waals surface area (Å²) >= 11 is 0. The molecule has 140 valence electrons. The average molecular weight is 364 g/mol. The number of nitrogens with zero attached hydrogens (tertiary/aromatic N) is 2. The van der Waals surface area contributed by atoms with Crippen molar-refractivity contribution >= 4 is 11.7 Å². The molecule has 1 amide bonds. The van der Waals surface area contributed by atoms with Crippen molar-refractivity contribution in [3.05, 3.63) is 59.3 Å². The molecule has 1 aliphatic rings. The van der Waals surface area contributed by atoms with Crippen LogP contribution >= 0.6 is 0 Å². The zero-order valence-electron chi connectivity index (χ0n) is 15.2. The zero-order valence-corrected chi connectivity index (χ0v) is 15.2. The highest BCUT2D eigenvalue weighted by molar-refractivity contribution is 5.94. The summed E-state index contributed by atoms with van der Waals surface area (Å²) in [5.74, 6) is 2.72. The molecule has 1 aliphatic heterocycles. The van der Waals surface area contributed by atoms with Crippen LogP contribution in [0.1, 0.15) is 21.5 Å². The van der Waals surface area contributed by atoms with E-state index in [4.69, 9.17) is 6.42 Å². The normalized spacial score (nSPS) is 14.7. The molecular weight excluding hydrogens is 340 g/mol. The third kappa shape index (κ3) is 5.30. The van der Waals surface area contributed by atoms with E-state index in [2.05, 4.69) is 50.7 Å². The monoisotopic (exact) mass is 364 g/mol. The highest BCUT2D eigenvalue weighted by Crippen LogP contribution is 2.18. The minimum atomic E-state index is -0.504. The molecule has 1 atom stereocenters. The number of anilines is 1. The molecule has 0 saturated carbocycles. The minimum Gasteiger partial charge on any atom is -0.390 e. The summed E-state index contributed by atoms with van der Waals surface area (Å²) < 4.78 is 0. The van der Waals surface area contributed by atoms with Gasteiger partial charge in [0.05, 0.1) is 18.2 Å². The second kappa shape index (κ2) is 9.17. The maximum atomic E-state index is 11.8. The molecule has 2 aromatic rings. The van der Waals surface area contributed by atoms with Crippen molar-refractivity contribution < 1.29 is 9.90 Å². The average Bonchev–Trinajstić information content (AvgIpc) is 2.70. The van der Waals surface area contributed by atoms with Gasteiger partial charge < -0.3 is 15.7 Å². The summed E-state index contributed by atoms with van der Waals surface area (Å²) in [6.45, 7) is 3.01. The van der Waals surface area contributed by atoms with E-state index in [1.54, 1.807) is 12.1 Å². The van der Waals surface area contributed by atoms with Gasteiger partial charge in [0.2, 0.25) is 0 Å². The molecule has 1 unspecified atom stereocenters. The molecule has 1 aromatic carbocycles. The molecule has 2 heterocycles. The summed E-state index contributed by atoms with van der Waals surface area (Å²) in [5.41, 5.74) is 3.18. The van der Waals surface area contributed by atoms with Crippen LogP contribution in [0, 0.1) is 12.3 Å². The van der Waals surface area contributed by atoms with Crippen LogP contribution in [-0.2, 0) is 13.0 Å². The summed E-state index contributed by atoms with van der Waals surface area (Å²) in [4.78, 5) is 18.3. The van der Waals surface area contributed by atoms with Gasteiger partial charge in [0.25, 0.3) is 5.91 Å². The summed E-state index contributed by atoms with van der Waals surface area (Å²) in [7, 11) is 0. The van der Waals surface area contributed by atoms with Crippen molar-refractivity contribution in [2.75, 3.05) is 31.5 Å². The molecule has 3 N–H and O–H groups in total. The van der Waals surface area contributed by atoms with E-state index in [0.717, 1.165) is 19.5 Å². The molecule has 0 fully saturated rings. The fourth-order valence-electron chi connectivity index (χ4n) is 3.16. The fourth-order valence-corrected chi connectivity index (χ4v) is 3.16. The number of terminal acetylenes is 1. The van der Waals surface area contributed by atoms with Gasteiger partial charge in [0.1, 0.15) is 5.82 Å². The Bertz CT molecular complexity index is 814. The van der Waals surface area contributed by atoms with Gasteiger partial charge in [-0.3, -0.25) is 9.69 Å². The van der Waals surface area contributed by atoms with Crippen molar-refractivity contribution in [1.82, 2.24) is 15.2 Å². The lowest BCUT2D eigenvalue weighted by atomic mass is 10.00. The maximum absolute atomic E-state index is 11.8. The van der Waals surface area contributed by atoms with Gasteiger partial charge in [-0.15, -0.1) is 6.42 Å². The van der Waals surface area contributed by atoms with E-state index >= 15 is 0 Å². The molecule has 3 rings (SSSR count). The Hall–Kier alpha value is -2.88. The topological polar surface area (TPSA) is 77.5 Å². The van der Waals surface area contributed by atoms with Crippen molar-refractivity contribution in [3.8, 4) is 12.3 Å². The molecule has 27 heavy (non-hydrogen) atoms. The minimum absolute atomic E-state index is 0.187. The lowest BCUT2D eigenvalue weighted by Gasteiger charge is -2.30. The summed E-state index contributed by atoms with van der Waals surface area (Å²) in [6, 6.07) is 11.8. The van der Waals surface area contributed by atoms with E-state index in [1.807, 2.05) is 0 Å². The number of β-amino-alcohol motifs (C(OH)–C–C–N with tert-alkyl or cyclic N) is 1. The number of hydrogen-bond donors (Lipinski definition) is 3. The predicted octanol–water partition coefficient (Wildman–Crippen LogP) is 1.28.